The number of nitrogens with zero attached hydrogens (tertiary/aromatic N) is 2. The standard InChI is InChI=1S/C19H19F4N3O2/c1-12-2-3-16(24-11-12)18(28)4-6-26(7-5-18)17(27)25-15-9-13(19(21,22)23)8-14(20)10-15/h2-3,8-11,28H,4-7H2,1H3,(H,25,27). The summed E-state index contributed by atoms with van der Waals surface area (Å²) in [6.45, 7) is 2.24. The van der Waals surface area contributed by atoms with E-state index in [0.717, 1.165) is 11.6 Å². The number of rotatable bonds is 2. The molecule has 28 heavy (non-hydrogen) atoms. The molecule has 3 rings (SSSR count). The van der Waals surface area contributed by atoms with E-state index in [9.17, 15) is 27.5 Å². The molecule has 0 atom stereocenters. The number of aromatic nitrogens is 1. The summed E-state index contributed by atoms with van der Waals surface area (Å²) >= 11 is 0. The summed E-state index contributed by atoms with van der Waals surface area (Å²) in [6.07, 6.45) is -2.61. The number of pyridine rings is 1. The monoisotopic (exact) mass is 397 g/mol. The Hall–Kier alpha value is -2.68. The lowest BCUT2D eigenvalue weighted by molar-refractivity contribution is -0.137. The van der Waals surface area contributed by atoms with Gasteiger partial charge in [0.2, 0.25) is 0 Å². The average molecular weight is 397 g/mol. The van der Waals surface area contributed by atoms with Crippen molar-refractivity contribution in [3.05, 3.63) is 59.2 Å². The van der Waals surface area contributed by atoms with Crippen molar-refractivity contribution >= 4 is 11.7 Å². The molecule has 1 saturated heterocycles. The van der Waals surface area contributed by atoms with Crippen molar-refractivity contribution in [2.75, 3.05) is 18.4 Å². The molecule has 150 valence electrons. The smallest absolute Gasteiger partial charge is 0.383 e. The highest BCUT2D eigenvalue weighted by Gasteiger charge is 2.37. The third kappa shape index (κ3) is 4.41. The molecule has 1 aromatic heterocycles. The molecule has 1 aliphatic heterocycles. The lowest BCUT2D eigenvalue weighted by Gasteiger charge is -2.37. The van der Waals surface area contributed by atoms with Crippen LogP contribution in [0.1, 0.15) is 29.7 Å². The molecule has 9 heteroatoms. The zero-order chi connectivity index (χ0) is 20.5. The first kappa shape index (κ1) is 20.1. The first-order valence-electron chi connectivity index (χ1n) is 8.66. The fraction of sp³-hybridized carbons (Fsp3) is 0.368. The van der Waals surface area contributed by atoms with E-state index in [1.807, 2.05) is 13.0 Å². The lowest BCUT2D eigenvalue weighted by atomic mass is 9.87. The van der Waals surface area contributed by atoms with E-state index in [0.29, 0.717) is 17.8 Å². The van der Waals surface area contributed by atoms with Crippen molar-refractivity contribution in [2.45, 2.75) is 31.5 Å². The fourth-order valence-corrected chi connectivity index (χ4v) is 3.11. The molecule has 1 fully saturated rings. The minimum Gasteiger partial charge on any atom is -0.383 e. The number of halogens is 4. The van der Waals surface area contributed by atoms with Crippen LogP contribution in [0.3, 0.4) is 0 Å². The van der Waals surface area contributed by atoms with Gasteiger partial charge in [-0.25, -0.2) is 9.18 Å². The molecule has 1 aromatic carbocycles. The Balaban J connectivity index is 1.66. The highest BCUT2D eigenvalue weighted by molar-refractivity contribution is 5.89. The molecule has 0 aliphatic carbocycles. The van der Waals surface area contributed by atoms with Gasteiger partial charge in [0.25, 0.3) is 0 Å². The molecule has 2 heterocycles. The Morgan fingerprint density at radius 1 is 1.21 bits per heavy atom. The van der Waals surface area contributed by atoms with Crippen LogP contribution >= 0.6 is 0 Å². The summed E-state index contributed by atoms with van der Waals surface area (Å²) < 4.78 is 51.8. The molecule has 2 aromatic rings. The van der Waals surface area contributed by atoms with E-state index in [-0.39, 0.29) is 31.6 Å². The van der Waals surface area contributed by atoms with Gasteiger partial charge >= 0.3 is 12.2 Å². The average Bonchev–Trinajstić information content (AvgIpc) is 2.61. The second kappa shape index (κ2) is 7.38. The van der Waals surface area contributed by atoms with Crippen molar-refractivity contribution in [2.24, 2.45) is 0 Å². The molecule has 0 bridgehead atoms. The normalized spacial score (nSPS) is 16.7. The van der Waals surface area contributed by atoms with Gasteiger partial charge < -0.3 is 15.3 Å². The van der Waals surface area contributed by atoms with Crippen LogP contribution in [-0.2, 0) is 11.8 Å². The first-order valence-corrected chi connectivity index (χ1v) is 8.66. The predicted octanol–water partition coefficient (Wildman–Crippen LogP) is 4.06. The summed E-state index contributed by atoms with van der Waals surface area (Å²) in [5, 5.41) is 13.1. The summed E-state index contributed by atoms with van der Waals surface area (Å²) in [7, 11) is 0. The van der Waals surface area contributed by atoms with Crippen LogP contribution in [0, 0.1) is 12.7 Å². The Morgan fingerprint density at radius 2 is 1.89 bits per heavy atom. The van der Waals surface area contributed by atoms with Gasteiger partial charge in [-0.2, -0.15) is 13.2 Å². The molecule has 2 N–H and O–H groups in total. The van der Waals surface area contributed by atoms with Crippen LogP contribution in [-0.4, -0.2) is 34.1 Å². The van der Waals surface area contributed by atoms with Gasteiger partial charge in [0.05, 0.1) is 11.3 Å². The largest absolute Gasteiger partial charge is 0.416 e. The number of piperidine rings is 1. The third-order valence-corrected chi connectivity index (χ3v) is 4.74. The maximum Gasteiger partial charge on any atom is 0.416 e. The highest BCUT2D eigenvalue weighted by atomic mass is 19.4. The van der Waals surface area contributed by atoms with Crippen LogP contribution in [0.4, 0.5) is 28.0 Å². The minimum atomic E-state index is -4.72. The maximum atomic E-state index is 13.5. The Kier molecular flexibility index (Phi) is 5.29. The van der Waals surface area contributed by atoms with Crippen molar-refractivity contribution < 1.29 is 27.5 Å². The third-order valence-electron chi connectivity index (χ3n) is 4.74. The fourth-order valence-electron chi connectivity index (χ4n) is 3.11. The van der Waals surface area contributed by atoms with Gasteiger partial charge in [0.1, 0.15) is 11.4 Å². The number of carbonyl (C=O) groups excluding carboxylic acids is 1. The Morgan fingerprint density at radius 3 is 2.46 bits per heavy atom. The molecule has 0 unspecified atom stereocenters. The Bertz CT molecular complexity index is 860. The number of hydrogen-bond donors (Lipinski definition) is 2. The number of nitrogens with one attached hydrogen (secondary N) is 1. The number of likely N-dealkylation sites (tertiary alicyclic amines) is 1. The summed E-state index contributed by atoms with van der Waals surface area (Å²) in [5.41, 5.74) is -1.16. The van der Waals surface area contributed by atoms with E-state index in [2.05, 4.69) is 10.3 Å². The Labute approximate surface area is 159 Å². The first-order chi connectivity index (χ1) is 13.1. The van der Waals surface area contributed by atoms with Crippen LogP contribution < -0.4 is 5.32 Å². The number of alkyl halides is 3. The quantitative estimate of drug-likeness (QED) is 0.751. The second-order valence-corrected chi connectivity index (χ2v) is 6.90. The van der Waals surface area contributed by atoms with Crippen LogP contribution in [0.2, 0.25) is 0 Å². The maximum absolute atomic E-state index is 13.5. The van der Waals surface area contributed by atoms with Gasteiger partial charge in [0, 0.05) is 25.0 Å². The minimum absolute atomic E-state index is 0.180. The van der Waals surface area contributed by atoms with Crippen LogP contribution in [0.25, 0.3) is 0 Å². The molecule has 0 radical (unpaired) electrons. The predicted molar refractivity (Wildman–Crippen MR) is 94.1 cm³/mol. The number of hydrogen-bond acceptors (Lipinski definition) is 3. The lowest BCUT2D eigenvalue weighted by Crippen LogP contribution is -2.47. The molecule has 0 spiro atoms. The van der Waals surface area contributed by atoms with Crippen molar-refractivity contribution in [3.63, 3.8) is 0 Å². The highest BCUT2D eigenvalue weighted by Crippen LogP contribution is 2.33. The zero-order valence-electron chi connectivity index (χ0n) is 15.1. The topological polar surface area (TPSA) is 65.5 Å². The zero-order valence-corrected chi connectivity index (χ0v) is 15.1. The molecule has 1 aliphatic rings. The number of anilines is 1. The van der Waals surface area contributed by atoms with Crippen molar-refractivity contribution in [1.29, 1.82) is 0 Å². The number of benzene rings is 1. The van der Waals surface area contributed by atoms with E-state index >= 15 is 0 Å². The summed E-state index contributed by atoms with van der Waals surface area (Å²) in [6, 6.07) is 4.78. The molecule has 0 saturated carbocycles. The summed E-state index contributed by atoms with van der Waals surface area (Å²) in [5.74, 6) is -1.09. The van der Waals surface area contributed by atoms with Gasteiger partial charge in [0.15, 0.2) is 0 Å². The number of urea groups is 1. The summed E-state index contributed by atoms with van der Waals surface area (Å²) in [4.78, 5) is 17.9. The number of amides is 2. The van der Waals surface area contributed by atoms with E-state index in [1.54, 1.807) is 12.3 Å². The SMILES string of the molecule is Cc1ccc(C2(O)CCN(C(=O)Nc3cc(F)cc(C(F)(F)F)c3)CC2)nc1. The van der Waals surface area contributed by atoms with Gasteiger partial charge in [-0.3, -0.25) is 4.98 Å². The number of carbonyl (C=O) groups is 1. The van der Waals surface area contributed by atoms with Gasteiger partial charge in [-0.15, -0.1) is 0 Å². The van der Waals surface area contributed by atoms with Crippen molar-refractivity contribution in [1.82, 2.24) is 9.88 Å². The number of aliphatic hydroxyl groups is 1. The van der Waals surface area contributed by atoms with Gasteiger partial charge in [-0.1, -0.05) is 6.07 Å². The van der Waals surface area contributed by atoms with E-state index in [4.69, 9.17) is 0 Å². The van der Waals surface area contributed by atoms with Crippen LogP contribution in [0.15, 0.2) is 36.5 Å². The second-order valence-electron chi connectivity index (χ2n) is 6.90. The van der Waals surface area contributed by atoms with E-state index < -0.39 is 29.2 Å². The molecular weight excluding hydrogens is 378 g/mol. The molecular formula is C19H19F4N3O2. The molecule has 5 nitrogen and oxygen atoms in total. The van der Waals surface area contributed by atoms with Crippen molar-refractivity contribution in [3.8, 4) is 0 Å². The van der Waals surface area contributed by atoms with Crippen LogP contribution in [0.5, 0.6) is 0 Å². The van der Waals surface area contributed by atoms with Gasteiger partial charge in [-0.05, 0) is 49.6 Å². The van der Waals surface area contributed by atoms with E-state index in [1.165, 1.54) is 4.90 Å². The molecule has 2 amide bonds. The number of aryl methyl sites for hydroxylation is 1.